The molecule has 0 spiro atoms. The second-order valence-corrected chi connectivity index (χ2v) is 8.83. The minimum absolute atomic E-state index is 0.190. The summed E-state index contributed by atoms with van der Waals surface area (Å²) >= 11 is 0. The molecule has 0 aliphatic rings. The summed E-state index contributed by atoms with van der Waals surface area (Å²) in [5.74, 6) is -0.802. The maximum Gasteiger partial charge on any atom is 0.242 e. The molecule has 1 aromatic heterocycles. The number of hydrogen-bond donors (Lipinski definition) is 1. The summed E-state index contributed by atoms with van der Waals surface area (Å²) in [4.78, 5) is 31.1. The van der Waals surface area contributed by atoms with E-state index in [0.717, 1.165) is 16.1 Å². The molecular formula is C20H26N4O4S. The van der Waals surface area contributed by atoms with Crippen LogP contribution in [0.25, 0.3) is 0 Å². The molecule has 1 aromatic carbocycles. The number of carbonyl (C=O) groups excluding carboxylic acids is 2. The van der Waals surface area contributed by atoms with Crippen LogP contribution in [0, 0.1) is 0 Å². The number of benzene rings is 1. The number of sulfonamides is 1. The Morgan fingerprint density at radius 2 is 1.76 bits per heavy atom. The first-order chi connectivity index (χ1) is 13.7. The van der Waals surface area contributed by atoms with Gasteiger partial charge in [0.1, 0.15) is 6.04 Å². The number of aromatic nitrogens is 1. The Kier molecular flexibility index (Phi) is 7.86. The normalized spacial score (nSPS) is 12.4. The Hall–Kier alpha value is -2.78. The van der Waals surface area contributed by atoms with E-state index in [1.807, 2.05) is 36.4 Å². The lowest BCUT2D eigenvalue weighted by Crippen LogP contribution is -2.50. The van der Waals surface area contributed by atoms with E-state index in [1.165, 1.54) is 11.9 Å². The largest absolute Gasteiger partial charge is 0.349 e. The van der Waals surface area contributed by atoms with Gasteiger partial charge in [-0.15, -0.1) is 0 Å². The van der Waals surface area contributed by atoms with Crippen LogP contribution in [0.1, 0.15) is 18.2 Å². The van der Waals surface area contributed by atoms with Gasteiger partial charge in [0.15, 0.2) is 0 Å². The Labute approximate surface area is 171 Å². The molecule has 2 rings (SSSR count). The van der Waals surface area contributed by atoms with Crippen molar-refractivity contribution >= 4 is 21.8 Å². The Bertz CT molecular complexity index is 920. The van der Waals surface area contributed by atoms with Gasteiger partial charge < -0.3 is 10.2 Å². The highest BCUT2D eigenvalue weighted by Gasteiger charge is 2.28. The van der Waals surface area contributed by atoms with E-state index in [1.54, 1.807) is 25.3 Å². The van der Waals surface area contributed by atoms with Gasteiger partial charge in [-0.3, -0.25) is 14.6 Å². The molecule has 1 N–H and O–H groups in total. The van der Waals surface area contributed by atoms with Crippen LogP contribution in [0.4, 0.5) is 0 Å². The average Bonchev–Trinajstić information content (AvgIpc) is 2.70. The molecule has 0 bridgehead atoms. The molecule has 2 aromatic rings. The number of likely N-dealkylation sites (N-methyl/N-ethyl adjacent to an activating group) is 1. The summed E-state index contributed by atoms with van der Waals surface area (Å²) in [6.45, 7) is 1.70. The fraction of sp³-hybridized carbons (Fsp3) is 0.350. The molecule has 2 amide bonds. The number of hydrogen-bond acceptors (Lipinski definition) is 5. The van der Waals surface area contributed by atoms with Gasteiger partial charge >= 0.3 is 0 Å². The lowest BCUT2D eigenvalue weighted by atomic mass is 10.1. The molecule has 0 aliphatic heterocycles. The predicted molar refractivity (Wildman–Crippen MR) is 110 cm³/mol. The maximum atomic E-state index is 12.9. The lowest BCUT2D eigenvalue weighted by Gasteiger charge is -2.30. The molecule has 0 aliphatic carbocycles. The molecule has 0 unspecified atom stereocenters. The van der Waals surface area contributed by atoms with Gasteiger partial charge in [-0.25, -0.2) is 8.42 Å². The molecule has 1 heterocycles. The molecule has 8 nitrogen and oxygen atoms in total. The standard InChI is InChI=1S/C20H26N4O4S/c1-16(20(26)22-13-18-11-7-8-12-21-18)24(14-17-9-5-4-6-10-17)19(25)15-23(2)29(3,27)28/h4-12,16H,13-15H2,1-3H3,(H,22,26)/t16-/m1/s1. The summed E-state index contributed by atoms with van der Waals surface area (Å²) in [5.41, 5.74) is 1.54. The minimum Gasteiger partial charge on any atom is -0.349 e. The summed E-state index contributed by atoms with van der Waals surface area (Å²) in [7, 11) is -2.19. The zero-order chi connectivity index (χ0) is 21.4. The van der Waals surface area contributed by atoms with Gasteiger partial charge in [-0.05, 0) is 24.6 Å². The lowest BCUT2D eigenvalue weighted by molar-refractivity contribution is -0.140. The van der Waals surface area contributed by atoms with Crippen molar-refractivity contribution in [2.75, 3.05) is 19.8 Å². The summed E-state index contributed by atoms with van der Waals surface area (Å²) in [6, 6.07) is 13.8. The first kappa shape index (κ1) is 22.5. The molecule has 0 saturated carbocycles. The number of pyridine rings is 1. The quantitative estimate of drug-likeness (QED) is 0.655. The second-order valence-electron chi connectivity index (χ2n) is 6.74. The van der Waals surface area contributed by atoms with Crippen LogP contribution in [0.2, 0.25) is 0 Å². The van der Waals surface area contributed by atoms with Gasteiger partial charge in [0.2, 0.25) is 21.8 Å². The van der Waals surface area contributed by atoms with E-state index in [4.69, 9.17) is 0 Å². The van der Waals surface area contributed by atoms with E-state index in [0.29, 0.717) is 5.69 Å². The minimum atomic E-state index is -3.52. The highest BCUT2D eigenvalue weighted by atomic mass is 32.2. The van der Waals surface area contributed by atoms with Gasteiger partial charge in [0.05, 0.1) is 25.0 Å². The highest BCUT2D eigenvalue weighted by Crippen LogP contribution is 2.11. The number of carbonyl (C=O) groups is 2. The molecule has 0 saturated heterocycles. The van der Waals surface area contributed by atoms with Crippen molar-refractivity contribution in [2.24, 2.45) is 0 Å². The Morgan fingerprint density at radius 1 is 1.10 bits per heavy atom. The third-order valence-corrected chi connectivity index (χ3v) is 5.72. The van der Waals surface area contributed by atoms with Crippen molar-refractivity contribution in [3.8, 4) is 0 Å². The van der Waals surface area contributed by atoms with Crippen LogP contribution in [0.3, 0.4) is 0 Å². The first-order valence-electron chi connectivity index (χ1n) is 9.11. The molecule has 1 atom stereocenters. The van der Waals surface area contributed by atoms with Crippen LogP contribution in [-0.4, -0.2) is 60.3 Å². The van der Waals surface area contributed by atoms with E-state index < -0.39 is 22.0 Å². The van der Waals surface area contributed by atoms with Crippen LogP contribution >= 0.6 is 0 Å². The molecule has 0 fully saturated rings. The summed E-state index contributed by atoms with van der Waals surface area (Å²) in [6.07, 6.45) is 2.67. The number of nitrogens with zero attached hydrogens (tertiary/aromatic N) is 3. The number of amides is 2. The molecular weight excluding hydrogens is 392 g/mol. The van der Waals surface area contributed by atoms with E-state index in [9.17, 15) is 18.0 Å². The van der Waals surface area contributed by atoms with Crippen molar-refractivity contribution < 1.29 is 18.0 Å². The number of nitrogens with one attached hydrogen (secondary N) is 1. The summed E-state index contributed by atoms with van der Waals surface area (Å²) < 4.78 is 24.3. The van der Waals surface area contributed by atoms with Gasteiger partial charge in [-0.2, -0.15) is 4.31 Å². The van der Waals surface area contributed by atoms with Crippen molar-refractivity contribution in [2.45, 2.75) is 26.1 Å². The molecule has 9 heteroatoms. The molecule has 0 radical (unpaired) electrons. The fourth-order valence-corrected chi connectivity index (χ4v) is 2.93. The van der Waals surface area contributed by atoms with Crippen molar-refractivity contribution in [3.05, 3.63) is 66.0 Å². The Balaban J connectivity index is 2.13. The van der Waals surface area contributed by atoms with Crippen LogP contribution in [-0.2, 0) is 32.7 Å². The summed E-state index contributed by atoms with van der Waals surface area (Å²) in [5, 5.41) is 2.78. The zero-order valence-electron chi connectivity index (χ0n) is 16.8. The highest BCUT2D eigenvalue weighted by molar-refractivity contribution is 7.88. The molecule has 156 valence electrons. The second kappa shape index (κ2) is 10.1. The third kappa shape index (κ3) is 6.95. The van der Waals surface area contributed by atoms with Crippen molar-refractivity contribution in [3.63, 3.8) is 0 Å². The van der Waals surface area contributed by atoms with Crippen LogP contribution in [0.15, 0.2) is 54.7 Å². The van der Waals surface area contributed by atoms with Crippen molar-refractivity contribution in [1.29, 1.82) is 0 Å². The van der Waals surface area contributed by atoms with E-state index >= 15 is 0 Å². The van der Waals surface area contributed by atoms with Gasteiger partial charge in [0, 0.05) is 19.8 Å². The van der Waals surface area contributed by atoms with Gasteiger partial charge in [-0.1, -0.05) is 36.4 Å². The van der Waals surface area contributed by atoms with E-state index in [2.05, 4.69) is 10.3 Å². The average molecular weight is 419 g/mol. The van der Waals surface area contributed by atoms with Crippen LogP contribution < -0.4 is 5.32 Å². The van der Waals surface area contributed by atoms with Crippen molar-refractivity contribution in [1.82, 2.24) is 19.5 Å². The number of rotatable bonds is 9. The fourth-order valence-electron chi connectivity index (χ4n) is 2.59. The third-order valence-electron chi connectivity index (χ3n) is 4.46. The smallest absolute Gasteiger partial charge is 0.242 e. The zero-order valence-corrected chi connectivity index (χ0v) is 17.6. The topological polar surface area (TPSA) is 99.7 Å². The molecule has 29 heavy (non-hydrogen) atoms. The first-order valence-corrected chi connectivity index (χ1v) is 11.0. The predicted octanol–water partition coefficient (Wildman–Crippen LogP) is 1.01. The van der Waals surface area contributed by atoms with E-state index in [-0.39, 0.29) is 25.5 Å². The van der Waals surface area contributed by atoms with Crippen LogP contribution in [0.5, 0.6) is 0 Å². The SMILES string of the molecule is C[C@H](C(=O)NCc1ccccn1)N(Cc1ccccc1)C(=O)CN(C)S(C)(=O)=O. The van der Waals surface area contributed by atoms with Gasteiger partial charge in [0.25, 0.3) is 0 Å². The monoisotopic (exact) mass is 418 g/mol. The Morgan fingerprint density at radius 3 is 2.34 bits per heavy atom. The maximum absolute atomic E-state index is 12.9.